The van der Waals surface area contributed by atoms with Gasteiger partial charge in [0.15, 0.2) is 15.6 Å². The Morgan fingerprint density at radius 3 is 2.56 bits per heavy atom. The molecule has 0 bridgehead atoms. The third kappa shape index (κ3) is 3.86. The number of halogens is 1. The number of furan rings is 1. The third-order valence-electron chi connectivity index (χ3n) is 3.82. The van der Waals surface area contributed by atoms with E-state index < -0.39 is 9.84 Å². The second-order valence-corrected chi connectivity index (χ2v) is 8.68. The van der Waals surface area contributed by atoms with Crippen LogP contribution < -0.4 is 0 Å². The summed E-state index contributed by atoms with van der Waals surface area (Å²) in [6.07, 6.45) is 0. The van der Waals surface area contributed by atoms with Crippen LogP contribution in [0.15, 0.2) is 85.0 Å². The molecule has 6 nitrogen and oxygen atoms in total. The second-order valence-electron chi connectivity index (χ2n) is 5.77. The summed E-state index contributed by atoms with van der Waals surface area (Å²) >= 11 is 3.40. The normalized spacial score (nSPS) is 11.6. The first-order valence-electron chi connectivity index (χ1n) is 7.98. The van der Waals surface area contributed by atoms with E-state index in [9.17, 15) is 8.42 Å². The van der Waals surface area contributed by atoms with Gasteiger partial charge in [-0.2, -0.15) is 4.98 Å². The highest BCUT2D eigenvalue weighted by Gasteiger charge is 2.19. The number of hydrogen-bond acceptors (Lipinski definition) is 6. The van der Waals surface area contributed by atoms with E-state index in [1.807, 2.05) is 24.3 Å². The zero-order valence-corrected chi connectivity index (χ0v) is 16.3. The van der Waals surface area contributed by atoms with Gasteiger partial charge in [-0.3, -0.25) is 0 Å². The number of sulfone groups is 1. The molecule has 8 heteroatoms. The summed E-state index contributed by atoms with van der Waals surface area (Å²) in [5.74, 6) is 0.983. The van der Waals surface area contributed by atoms with Crippen molar-refractivity contribution in [3.63, 3.8) is 0 Å². The molecule has 4 rings (SSSR count). The van der Waals surface area contributed by atoms with Gasteiger partial charge in [-0.25, -0.2) is 8.42 Å². The molecule has 0 aliphatic carbocycles. The van der Waals surface area contributed by atoms with Crippen molar-refractivity contribution < 1.29 is 17.4 Å². The van der Waals surface area contributed by atoms with Crippen molar-refractivity contribution in [2.75, 3.05) is 0 Å². The average Bonchev–Trinajstić information content (AvgIpc) is 3.31. The Hall–Kier alpha value is -2.71. The van der Waals surface area contributed by atoms with Gasteiger partial charge in [0.05, 0.1) is 4.90 Å². The van der Waals surface area contributed by atoms with Gasteiger partial charge in [0.2, 0.25) is 5.82 Å². The fraction of sp³-hybridized carbons (Fsp3) is 0.0526. The van der Waals surface area contributed by atoms with E-state index in [4.69, 9.17) is 8.94 Å². The monoisotopic (exact) mass is 444 g/mol. The first kappa shape index (κ1) is 17.7. The SMILES string of the molecule is O=S(=O)(Cc1ccc(-c2nc(-c3cccc(Br)c3)no2)o1)c1ccccc1. The van der Waals surface area contributed by atoms with Crippen LogP contribution in [-0.4, -0.2) is 18.6 Å². The molecule has 136 valence electrons. The minimum Gasteiger partial charge on any atom is -0.455 e. The van der Waals surface area contributed by atoms with Crippen LogP contribution in [0.25, 0.3) is 23.0 Å². The first-order valence-corrected chi connectivity index (χ1v) is 10.4. The minimum atomic E-state index is -3.49. The molecule has 27 heavy (non-hydrogen) atoms. The fourth-order valence-corrected chi connectivity index (χ4v) is 4.20. The maximum absolute atomic E-state index is 12.5. The molecule has 0 aliphatic heterocycles. The van der Waals surface area contributed by atoms with Gasteiger partial charge >= 0.3 is 0 Å². The largest absolute Gasteiger partial charge is 0.455 e. The van der Waals surface area contributed by atoms with Gasteiger partial charge < -0.3 is 8.94 Å². The van der Waals surface area contributed by atoms with Crippen LogP contribution in [-0.2, 0) is 15.6 Å². The van der Waals surface area contributed by atoms with E-state index in [-0.39, 0.29) is 16.5 Å². The zero-order chi connectivity index (χ0) is 18.9. The Labute approximate surface area is 163 Å². The summed E-state index contributed by atoms with van der Waals surface area (Å²) in [7, 11) is -3.49. The van der Waals surface area contributed by atoms with E-state index >= 15 is 0 Å². The van der Waals surface area contributed by atoms with Crippen molar-refractivity contribution in [1.29, 1.82) is 0 Å². The summed E-state index contributed by atoms with van der Waals surface area (Å²) in [4.78, 5) is 4.57. The Kier molecular flexibility index (Phi) is 4.67. The lowest BCUT2D eigenvalue weighted by molar-refractivity contribution is 0.413. The van der Waals surface area contributed by atoms with E-state index in [0.29, 0.717) is 17.3 Å². The molecule has 2 heterocycles. The topological polar surface area (TPSA) is 86.2 Å². The molecule has 2 aromatic carbocycles. The van der Waals surface area contributed by atoms with Crippen LogP contribution in [0.4, 0.5) is 0 Å². The maximum atomic E-state index is 12.5. The molecule has 2 aromatic heterocycles. The zero-order valence-electron chi connectivity index (χ0n) is 13.9. The molecular weight excluding hydrogens is 432 g/mol. The molecule has 0 spiro atoms. The second kappa shape index (κ2) is 7.13. The van der Waals surface area contributed by atoms with Gasteiger partial charge in [0.25, 0.3) is 5.89 Å². The van der Waals surface area contributed by atoms with Crippen LogP contribution in [0.1, 0.15) is 5.76 Å². The van der Waals surface area contributed by atoms with E-state index in [2.05, 4.69) is 26.1 Å². The van der Waals surface area contributed by atoms with Gasteiger partial charge in [-0.1, -0.05) is 51.4 Å². The van der Waals surface area contributed by atoms with Crippen molar-refractivity contribution in [2.45, 2.75) is 10.6 Å². The van der Waals surface area contributed by atoms with E-state index in [1.54, 1.807) is 42.5 Å². The molecule has 0 N–H and O–H groups in total. The third-order valence-corrected chi connectivity index (χ3v) is 5.96. The summed E-state index contributed by atoms with van der Waals surface area (Å²) in [6, 6.07) is 19.0. The van der Waals surface area contributed by atoms with Gasteiger partial charge in [-0.05, 0) is 36.4 Å². The van der Waals surface area contributed by atoms with Crippen LogP contribution in [0.2, 0.25) is 0 Å². The molecule has 0 saturated heterocycles. The Balaban J connectivity index is 1.57. The van der Waals surface area contributed by atoms with Gasteiger partial charge in [0.1, 0.15) is 11.5 Å². The highest BCUT2D eigenvalue weighted by atomic mass is 79.9. The lowest BCUT2D eigenvalue weighted by Crippen LogP contribution is -2.03. The van der Waals surface area contributed by atoms with Crippen molar-refractivity contribution in [3.8, 4) is 23.0 Å². The predicted octanol–water partition coefficient (Wildman–Crippen LogP) is 4.73. The Morgan fingerprint density at radius 2 is 1.78 bits per heavy atom. The Morgan fingerprint density at radius 1 is 0.963 bits per heavy atom. The summed E-state index contributed by atoms with van der Waals surface area (Å²) in [5, 5.41) is 3.95. The predicted molar refractivity (Wildman–Crippen MR) is 102 cm³/mol. The smallest absolute Gasteiger partial charge is 0.293 e. The van der Waals surface area contributed by atoms with Gasteiger partial charge in [-0.15, -0.1) is 0 Å². The molecule has 4 aromatic rings. The molecule has 0 aliphatic rings. The Bertz CT molecular complexity index is 1180. The highest BCUT2D eigenvalue weighted by Crippen LogP contribution is 2.27. The molecular formula is C19H13BrN2O4S. The molecule has 0 amide bonds. The van der Waals surface area contributed by atoms with Crippen molar-refractivity contribution in [3.05, 3.63) is 77.0 Å². The maximum Gasteiger partial charge on any atom is 0.293 e. The van der Waals surface area contributed by atoms with Crippen LogP contribution >= 0.6 is 15.9 Å². The van der Waals surface area contributed by atoms with Crippen LogP contribution in [0.5, 0.6) is 0 Å². The molecule has 0 saturated carbocycles. The lowest BCUT2D eigenvalue weighted by atomic mass is 10.2. The first-order chi connectivity index (χ1) is 13.0. The highest BCUT2D eigenvalue weighted by molar-refractivity contribution is 9.10. The summed E-state index contributed by atoms with van der Waals surface area (Å²) in [6.45, 7) is 0. The van der Waals surface area contributed by atoms with Crippen molar-refractivity contribution in [2.24, 2.45) is 0 Å². The number of nitrogens with zero attached hydrogens (tertiary/aromatic N) is 2. The fourth-order valence-electron chi connectivity index (χ4n) is 2.54. The summed E-state index contributed by atoms with van der Waals surface area (Å²) in [5.41, 5.74) is 0.790. The minimum absolute atomic E-state index is 0.188. The van der Waals surface area contributed by atoms with Gasteiger partial charge in [0, 0.05) is 10.0 Å². The average molecular weight is 445 g/mol. The number of rotatable bonds is 5. The number of hydrogen-bond donors (Lipinski definition) is 0. The quantitative estimate of drug-likeness (QED) is 0.442. The number of benzene rings is 2. The van der Waals surface area contributed by atoms with Crippen LogP contribution in [0, 0.1) is 0 Å². The standard InChI is InChI=1S/C19H13BrN2O4S/c20-14-6-4-5-13(11-14)18-21-19(26-22-18)17-10-9-15(25-17)12-27(23,24)16-7-2-1-3-8-16/h1-11H,12H2. The van der Waals surface area contributed by atoms with Crippen molar-refractivity contribution >= 4 is 25.8 Å². The van der Waals surface area contributed by atoms with Crippen LogP contribution in [0.3, 0.4) is 0 Å². The van der Waals surface area contributed by atoms with E-state index in [1.165, 1.54) is 0 Å². The lowest BCUT2D eigenvalue weighted by Gasteiger charge is -2.01. The molecule has 0 unspecified atom stereocenters. The molecule has 0 fully saturated rings. The van der Waals surface area contributed by atoms with E-state index in [0.717, 1.165) is 10.0 Å². The molecule has 0 radical (unpaired) electrons. The summed E-state index contributed by atoms with van der Waals surface area (Å²) < 4.78 is 36.7. The van der Waals surface area contributed by atoms with Crippen molar-refractivity contribution in [1.82, 2.24) is 10.1 Å². The molecule has 0 atom stereocenters. The number of aromatic nitrogens is 2.